The summed E-state index contributed by atoms with van der Waals surface area (Å²) in [5, 5.41) is 4.09. The van der Waals surface area contributed by atoms with Crippen LogP contribution in [0.15, 0.2) is 34.0 Å². The minimum absolute atomic E-state index is 0.275. The van der Waals surface area contributed by atoms with Crippen LogP contribution in [0.4, 0.5) is 10.2 Å². The molecule has 1 aliphatic carbocycles. The van der Waals surface area contributed by atoms with Crippen LogP contribution in [0.2, 0.25) is 0 Å². The summed E-state index contributed by atoms with van der Waals surface area (Å²) in [5.74, 6) is 2.94. The van der Waals surface area contributed by atoms with Gasteiger partial charge in [0.25, 0.3) is 5.89 Å². The summed E-state index contributed by atoms with van der Waals surface area (Å²) in [4.78, 5) is 15.7. The third kappa shape index (κ3) is 1.79. The normalized spacial score (nSPS) is 18.0. The van der Waals surface area contributed by atoms with Crippen LogP contribution >= 0.6 is 0 Å². The zero-order chi connectivity index (χ0) is 16.5. The van der Waals surface area contributed by atoms with Gasteiger partial charge in [-0.05, 0) is 31.0 Å². The summed E-state index contributed by atoms with van der Waals surface area (Å²) in [6.45, 7) is 1.38. The molecule has 0 unspecified atom stereocenters. The van der Waals surface area contributed by atoms with Gasteiger partial charge in [0.15, 0.2) is 17.3 Å². The summed E-state index contributed by atoms with van der Waals surface area (Å²) < 4.78 is 21.2. The minimum atomic E-state index is -0.275. The molecule has 3 aromatic rings. The van der Waals surface area contributed by atoms with Crippen molar-refractivity contribution in [3.05, 3.63) is 41.7 Å². The molecule has 1 fully saturated rings. The lowest BCUT2D eigenvalue weighted by molar-refractivity contribution is 0.421. The van der Waals surface area contributed by atoms with Crippen LogP contribution in [0.1, 0.15) is 30.1 Å². The van der Waals surface area contributed by atoms with E-state index in [9.17, 15) is 4.39 Å². The average Bonchev–Trinajstić information content (AvgIpc) is 3.04. The second kappa shape index (κ2) is 4.53. The molecule has 8 heteroatoms. The van der Waals surface area contributed by atoms with Gasteiger partial charge >= 0.3 is 0 Å². The van der Waals surface area contributed by atoms with Crippen LogP contribution < -0.4 is 4.90 Å². The predicted molar refractivity (Wildman–Crippen MR) is 87.5 cm³/mol. The molecule has 0 bridgehead atoms. The fourth-order valence-electron chi connectivity index (χ4n) is 3.55. The summed E-state index contributed by atoms with van der Waals surface area (Å²) in [6, 6.07) is 4.72. The maximum Gasteiger partial charge on any atom is 0.280 e. The Morgan fingerprint density at radius 3 is 3.04 bits per heavy atom. The molecule has 2 aliphatic heterocycles. The zero-order valence-corrected chi connectivity index (χ0v) is 13.2. The van der Waals surface area contributed by atoms with Crippen molar-refractivity contribution in [1.29, 1.82) is 0 Å². The Hall–Kier alpha value is -3.03. The van der Waals surface area contributed by atoms with Gasteiger partial charge < -0.3 is 9.42 Å². The number of hydrogen-bond acceptors (Lipinski definition) is 6. The van der Waals surface area contributed by atoms with Crippen molar-refractivity contribution < 1.29 is 8.91 Å². The zero-order valence-electron chi connectivity index (χ0n) is 13.2. The van der Waals surface area contributed by atoms with E-state index in [1.165, 1.54) is 12.1 Å². The largest absolute Gasteiger partial charge is 0.332 e. The number of halogens is 1. The van der Waals surface area contributed by atoms with E-state index in [0.717, 1.165) is 41.6 Å². The number of rotatable bonds is 2. The summed E-state index contributed by atoms with van der Waals surface area (Å²) in [7, 11) is 0. The van der Waals surface area contributed by atoms with Crippen molar-refractivity contribution >= 4 is 11.7 Å². The summed E-state index contributed by atoms with van der Waals surface area (Å²) in [6.07, 6.45) is 3.95. The first-order valence-corrected chi connectivity index (χ1v) is 8.33. The van der Waals surface area contributed by atoms with E-state index in [-0.39, 0.29) is 5.82 Å². The van der Waals surface area contributed by atoms with Crippen LogP contribution in [0.5, 0.6) is 0 Å². The molecular weight excluding hydrogens is 323 g/mol. The number of benzene rings is 1. The third-order valence-electron chi connectivity index (χ3n) is 4.88. The fourth-order valence-corrected chi connectivity index (χ4v) is 3.55. The lowest BCUT2D eigenvalue weighted by Gasteiger charge is -2.29. The number of amidine groups is 1. The molecule has 1 saturated carbocycles. The minimum Gasteiger partial charge on any atom is -0.332 e. The highest BCUT2D eigenvalue weighted by atomic mass is 19.1. The Bertz CT molecular complexity index is 1050. The molecule has 1 aromatic carbocycles. The highest BCUT2D eigenvalue weighted by Gasteiger charge is 2.36. The van der Waals surface area contributed by atoms with Crippen molar-refractivity contribution in [2.75, 3.05) is 18.0 Å². The van der Waals surface area contributed by atoms with E-state index in [0.29, 0.717) is 30.6 Å². The second-order valence-corrected chi connectivity index (χ2v) is 6.54. The Morgan fingerprint density at radius 1 is 1.24 bits per heavy atom. The topological polar surface area (TPSA) is 72.3 Å². The number of imidazole rings is 1. The van der Waals surface area contributed by atoms with Gasteiger partial charge in [-0.25, -0.2) is 9.37 Å². The number of aromatic nitrogens is 4. The van der Waals surface area contributed by atoms with Gasteiger partial charge in [0.05, 0.1) is 12.2 Å². The number of aliphatic imine (C=N–C) groups is 1. The molecule has 0 amide bonds. The standard InChI is InChI=1S/C17H13FN6O/c18-10-3-4-12-11(7-10)15-19-5-6-23(15)17-13(20-8-24(12)17)16-21-14(22-25-16)9-1-2-9/h3-4,7-9H,1-2,5-6H2. The molecule has 0 N–H and O–H groups in total. The Balaban J connectivity index is 1.56. The number of fused-ring (bicyclic) bond motifs is 6. The van der Waals surface area contributed by atoms with E-state index in [2.05, 4.69) is 20.1 Å². The van der Waals surface area contributed by atoms with Gasteiger partial charge in [-0.15, -0.1) is 0 Å². The lowest BCUT2D eigenvalue weighted by atomic mass is 10.1. The van der Waals surface area contributed by atoms with Crippen LogP contribution in [0.3, 0.4) is 0 Å². The van der Waals surface area contributed by atoms with E-state index in [1.807, 2.05) is 9.47 Å². The van der Waals surface area contributed by atoms with Gasteiger partial charge in [0.1, 0.15) is 18.0 Å². The third-order valence-corrected chi connectivity index (χ3v) is 4.88. The van der Waals surface area contributed by atoms with Gasteiger partial charge in [-0.3, -0.25) is 9.56 Å². The van der Waals surface area contributed by atoms with Gasteiger partial charge in [-0.2, -0.15) is 4.98 Å². The molecule has 2 aromatic heterocycles. The van der Waals surface area contributed by atoms with Crippen molar-refractivity contribution in [1.82, 2.24) is 19.7 Å². The van der Waals surface area contributed by atoms with Gasteiger partial charge in [0, 0.05) is 18.0 Å². The van der Waals surface area contributed by atoms with Crippen molar-refractivity contribution in [2.24, 2.45) is 4.99 Å². The molecule has 4 heterocycles. The smallest absolute Gasteiger partial charge is 0.280 e. The number of anilines is 1. The number of hydrogen-bond donors (Lipinski definition) is 0. The molecule has 0 spiro atoms. The highest BCUT2D eigenvalue weighted by molar-refractivity contribution is 6.16. The van der Waals surface area contributed by atoms with Crippen LogP contribution in [-0.4, -0.2) is 38.6 Å². The summed E-state index contributed by atoms with van der Waals surface area (Å²) in [5.41, 5.74) is 2.27. The van der Waals surface area contributed by atoms with Crippen molar-refractivity contribution in [2.45, 2.75) is 18.8 Å². The van der Waals surface area contributed by atoms with Crippen LogP contribution in [-0.2, 0) is 0 Å². The highest BCUT2D eigenvalue weighted by Crippen LogP contribution is 2.41. The van der Waals surface area contributed by atoms with E-state index in [1.54, 1.807) is 12.4 Å². The maximum atomic E-state index is 13.8. The molecule has 0 atom stereocenters. The maximum absolute atomic E-state index is 13.8. The Kier molecular flexibility index (Phi) is 2.41. The van der Waals surface area contributed by atoms with E-state index >= 15 is 0 Å². The van der Waals surface area contributed by atoms with Crippen molar-refractivity contribution in [3.63, 3.8) is 0 Å². The fraction of sp³-hybridized carbons (Fsp3) is 0.294. The van der Waals surface area contributed by atoms with Gasteiger partial charge in [0.2, 0.25) is 0 Å². The van der Waals surface area contributed by atoms with E-state index in [4.69, 9.17) is 4.52 Å². The van der Waals surface area contributed by atoms with E-state index < -0.39 is 0 Å². The molecule has 25 heavy (non-hydrogen) atoms. The van der Waals surface area contributed by atoms with Crippen LogP contribution in [0, 0.1) is 5.82 Å². The molecule has 3 aliphatic rings. The van der Waals surface area contributed by atoms with Crippen molar-refractivity contribution in [3.8, 4) is 17.3 Å². The quantitative estimate of drug-likeness (QED) is 0.719. The first-order chi connectivity index (χ1) is 12.3. The number of nitrogens with zero attached hydrogens (tertiary/aromatic N) is 6. The average molecular weight is 336 g/mol. The van der Waals surface area contributed by atoms with Gasteiger partial charge in [-0.1, -0.05) is 5.16 Å². The molecular formula is C17H13FN6O. The SMILES string of the molecule is Fc1ccc2c(c1)C1=NCCN1c1c(-c3nc(C4CC4)no3)ncn1-2. The first-order valence-electron chi connectivity index (χ1n) is 8.33. The Labute approximate surface area is 141 Å². The molecule has 7 nitrogen and oxygen atoms in total. The molecule has 0 radical (unpaired) electrons. The second-order valence-electron chi connectivity index (χ2n) is 6.54. The molecule has 6 rings (SSSR count). The molecule has 124 valence electrons. The monoisotopic (exact) mass is 336 g/mol. The lowest BCUT2D eigenvalue weighted by Crippen LogP contribution is -2.34. The summed E-state index contributed by atoms with van der Waals surface area (Å²) >= 11 is 0. The first kappa shape index (κ1) is 13.3. The molecule has 0 saturated heterocycles. The van der Waals surface area contributed by atoms with Crippen LogP contribution in [0.25, 0.3) is 17.3 Å². The Morgan fingerprint density at radius 2 is 2.16 bits per heavy atom. The predicted octanol–water partition coefficient (Wildman–Crippen LogP) is 2.52.